The van der Waals surface area contributed by atoms with E-state index in [2.05, 4.69) is 25.6 Å². The molecule has 2 aromatic heterocycles. The molecule has 4 aromatic rings. The number of aromatic nitrogens is 5. The minimum absolute atomic E-state index is 0.195. The Labute approximate surface area is 172 Å². The third kappa shape index (κ3) is 4.14. The van der Waals surface area contributed by atoms with Crippen LogP contribution in [0.15, 0.2) is 60.9 Å². The molecule has 2 aromatic carbocycles. The molecule has 0 radical (unpaired) electrons. The second-order valence-electron chi connectivity index (χ2n) is 6.42. The Morgan fingerprint density at radius 1 is 1.13 bits per heavy atom. The second-order valence-corrected chi connectivity index (χ2v) is 6.42. The summed E-state index contributed by atoms with van der Waals surface area (Å²) in [7, 11) is 3.15. The van der Waals surface area contributed by atoms with Gasteiger partial charge in [-0.2, -0.15) is 10.1 Å². The zero-order chi connectivity index (χ0) is 20.9. The predicted octanol–water partition coefficient (Wildman–Crippen LogP) is 2.86. The highest BCUT2D eigenvalue weighted by atomic mass is 16.5. The highest BCUT2D eigenvalue weighted by molar-refractivity contribution is 5.90. The molecule has 0 fully saturated rings. The normalized spacial score (nSPS) is 10.6. The number of ether oxygens (including phenoxy) is 2. The maximum absolute atomic E-state index is 12.4. The molecule has 1 amide bonds. The summed E-state index contributed by atoms with van der Waals surface area (Å²) in [6, 6.07) is 14.8. The number of hydrogen-bond donors (Lipinski definition) is 2. The molecule has 0 aliphatic rings. The first-order valence-corrected chi connectivity index (χ1v) is 9.20. The van der Waals surface area contributed by atoms with Crippen molar-refractivity contribution in [3.63, 3.8) is 0 Å². The average molecular weight is 404 g/mol. The van der Waals surface area contributed by atoms with Gasteiger partial charge in [0.25, 0.3) is 0 Å². The van der Waals surface area contributed by atoms with E-state index in [1.807, 2.05) is 42.6 Å². The average Bonchev–Trinajstić information content (AvgIpc) is 3.46. The zero-order valence-corrected chi connectivity index (χ0v) is 16.5. The van der Waals surface area contributed by atoms with E-state index >= 15 is 0 Å². The van der Waals surface area contributed by atoms with Crippen molar-refractivity contribution in [3.05, 3.63) is 66.5 Å². The number of methoxy groups -OCH3 is 2. The lowest BCUT2D eigenvalue weighted by atomic mass is 10.1. The van der Waals surface area contributed by atoms with Gasteiger partial charge in [-0.15, -0.1) is 5.10 Å². The molecule has 4 rings (SSSR count). The quantitative estimate of drug-likeness (QED) is 0.491. The van der Waals surface area contributed by atoms with Crippen LogP contribution < -0.4 is 14.8 Å². The van der Waals surface area contributed by atoms with Crippen LogP contribution in [-0.2, 0) is 11.2 Å². The van der Waals surface area contributed by atoms with Crippen molar-refractivity contribution in [2.24, 2.45) is 0 Å². The van der Waals surface area contributed by atoms with Crippen molar-refractivity contribution in [3.8, 4) is 28.6 Å². The molecule has 0 atom stereocenters. The summed E-state index contributed by atoms with van der Waals surface area (Å²) in [6.45, 7) is 0. The lowest BCUT2D eigenvalue weighted by Crippen LogP contribution is -2.15. The van der Waals surface area contributed by atoms with Gasteiger partial charge in [0.15, 0.2) is 5.82 Å². The van der Waals surface area contributed by atoms with E-state index in [1.165, 1.54) is 0 Å². The molecule has 9 nitrogen and oxygen atoms in total. The van der Waals surface area contributed by atoms with Crippen LogP contribution in [0, 0.1) is 0 Å². The van der Waals surface area contributed by atoms with Gasteiger partial charge in [-0.05, 0) is 35.9 Å². The molecule has 2 heterocycles. The number of nitrogens with zero attached hydrogens (tertiary/aromatic N) is 4. The lowest BCUT2D eigenvalue weighted by Gasteiger charge is -2.07. The first kappa shape index (κ1) is 19.2. The molecule has 9 heteroatoms. The van der Waals surface area contributed by atoms with E-state index in [4.69, 9.17) is 9.47 Å². The van der Waals surface area contributed by atoms with Gasteiger partial charge >= 0.3 is 0 Å². The maximum atomic E-state index is 12.4. The van der Waals surface area contributed by atoms with E-state index < -0.39 is 0 Å². The highest BCUT2D eigenvalue weighted by Crippen LogP contribution is 2.31. The lowest BCUT2D eigenvalue weighted by molar-refractivity contribution is -0.115. The van der Waals surface area contributed by atoms with Gasteiger partial charge in [0, 0.05) is 18.5 Å². The maximum Gasteiger partial charge on any atom is 0.249 e. The van der Waals surface area contributed by atoms with Crippen molar-refractivity contribution in [1.29, 1.82) is 0 Å². The Balaban J connectivity index is 1.42. The molecule has 2 N–H and O–H groups in total. The van der Waals surface area contributed by atoms with E-state index in [0.717, 1.165) is 11.3 Å². The molecule has 0 saturated heterocycles. The molecule has 0 spiro atoms. The minimum atomic E-state index is -0.214. The molecule has 0 saturated carbocycles. The Hall–Kier alpha value is -4.14. The first-order valence-electron chi connectivity index (χ1n) is 9.20. The summed E-state index contributed by atoms with van der Waals surface area (Å²) in [5, 5.41) is 13.8. The van der Waals surface area contributed by atoms with Crippen molar-refractivity contribution < 1.29 is 14.3 Å². The molecular formula is C21H20N6O3. The Morgan fingerprint density at radius 3 is 2.67 bits per heavy atom. The number of H-pyrrole nitrogens is 1. The molecular weight excluding hydrogens is 384 g/mol. The van der Waals surface area contributed by atoms with Gasteiger partial charge in [0.2, 0.25) is 11.9 Å². The highest BCUT2D eigenvalue weighted by Gasteiger charge is 2.14. The second kappa shape index (κ2) is 8.48. The van der Waals surface area contributed by atoms with Crippen molar-refractivity contribution in [2.45, 2.75) is 6.42 Å². The monoisotopic (exact) mass is 404 g/mol. The van der Waals surface area contributed by atoms with Crippen LogP contribution in [0.2, 0.25) is 0 Å². The first-order chi connectivity index (χ1) is 14.7. The zero-order valence-electron chi connectivity index (χ0n) is 16.5. The Morgan fingerprint density at radius 2 is 1.97 bits per heavy atom. The van der Waals surface area contributed by atoms with Gasteiger partial charge in [-0.1, -0.05) is 12.1 Å². The van der Waals surface area contributed by atoms with E-state index in [-0.39, 0.29) is 18.3 Å². The number of carbonyl (C=O) groups is 1. The van der Waals surface area contributed by atoms with Gasteiger partial charge in [0.05, 0.1) is 31.9 Å². The van der Waals surface area contributed by atoms with E-state index in [1.54, 1.807) is 37.2 Å². The topological polar surface area (TPSA) is 107 Å². The molecule has 0 bridgehead atoms. The largest absolute Gasteiger partial charge is 0.497 e. The number of hydrogen-bond acceptors (Lipinski definition) is 6. The predicted molar refractivity (Wildman–Crippen MR) is 111 cm³/mol. The number of benzene rings is 2. The number of anilines is 1. The molecule has 30 heavy (non-hydrogen) atoms. The summed E-state index contributed by atoms with van der Waals surface area (Å²) >= 11 is 0. The number of rotatable bonds is 7. The van der Waals surface area contributed by atoms with Crippen LogP contribution >= 0.6 is 0 Å². The van der Waals surface area contributed by atoms with Crippen LogP contribution in [0.4, 0.5) is 5.95 Å². The smallest absolute Gasteiger partial charge is 0.249 e. The minimum Gasteiger partial charge on any atom is -0.497 e. The van der Waals surface area contributed by atoms with Gasteiger partial charge in [-0.25, -0.2) is 4.68 Å². The molecule has 0 aliphatic heterocycles. The summed E-state index contributed by atoms with van der Waals surface area (Å²) in [4.78, 5) is 16.7. The van der Waals surface area contributed by atoms with Crippen molar-refractivity contribution >= 4 is 11.9 Å². The summed E-state index contributed by atoms with van der Waals surface area (Å²) in [5.41, 5.74) is 2.51. The summed E-state index contributed by atoms with van der Waals surface area (Å²) < 4.78 is 12.3. The standard InChI is InChI=1S/C21H20N6O3/c1-29-16-8-9-17(18(13-16)30-2)20-24-21(26-25-20)23-19(28)12-14-4-6-15(7-5-14)27-11-3-10-22-27/h3-11,13H,12H2,1-2H3,(H2,23,24,25,26,28). The molecule has 0 aliphatic carbocycles. The van der Waals surface area contributed by atoms with Gasteiger partial charge in [-0.3, -0.25) is 15.2 Å². The van der Waals surface area contributed by atoms with Crippen molar-refractivity contribution in [1.82, 2.24) is 25.0 Å². The van der Waals surface area contributed by atoms with E-state index in [9.17, 15) is 4.79 Å². The van der Waals surface area contributed by atoms with Crippen molar-refractivity contribution in [2.75, 3.05) is 19.5 Å². The number of carbonyl (C=O) groups excluding carboxylic acids is 1. The molecule has 152 valence electrons. The fourth-order valence-electron chi connectivity index (χ4n) is 2.97. The third-order valence-electron chi connectivity index (χ3n) is 4.47. The van der Waals surface area contributed by atoms with Gasteiger partial charge in [0.1, 0.15) is 11.5 Å². The van der Waals surface area contributed by atoms with Crippen LogP contribution in [0.25, 0.3) is 17.1 Å². The summed E-state index contributed by atoms with van der Waals surface area (Å²) in [6.07, 6.45) is 3.78. The Kier molecular flexibility index (Phi) is 5.42. The van der Waals surface area contributed by atoms with Crippen LogP contribution in [0.5, 0.6) is 11.5 Å². The third-order valence-corrected chi connectivity index (χ3v) is 4.47. The van der Waals surface area contributed by atoms with Crippen LogP contribution in [0.1, 0.15) is 5.56 Å². The Bertz CT molecular complexity index is 1140. The van der Waals surface area contributed by atoms with Crippen LogP contribution in [0.3, 0.4) is 0 Å². The fourth-order valence-corrected chi connectivity index (χ4v) is 2.97. The fraction of sp³-hybridized carbons (Fsp3) is 0.143. The molecule has 0 unspecified atom stereocenters. The SMILES string of the molecule is COc1ccc(-c2nc(NC(=O)Cc3ccc(-n4cccn4)cc3)n[nH]2)c(OC)c1. The number of nitrogens with one attached hydrogen (secondary N) is 2. The van der Waals surface area contributed by atoms with E-state index in [0.29, 0.717) is 22.9 Å². The number of aromatic amines is 1. The van der Waals surface area contributed by atoms with Gasteiger partial charge < -0.3 is 9.47 Å². The van der Waals surface area contributed by atoms with Crippen LogP contribution in [-0.4, -0.2) is 45.1 Å². The number of amides is 1. The summed E-state index contributed by atoms with van der Waals surface area (Å²) in [5.74, 6) is 1.71.